The van der Waals surface area contributed by atoms with Crippen LogP contribution < -0.4 is 10.1 Å². The van der Waals surface area contributed by atoms with E-state index in [1.165, 1.54) is 0 Å². The summed E-state index contributed by atoms with van der Waals surface area (Å²) in [5.74, 6) is 0.862. The van der Waals surface area contributed by atoms with E-state index in [-0.39, 0.29) is 0 Å². The molecule has 92 valence electrons. The summed E-state index contributed by atoms with van der Waals surface area (Å²) in [6, 6.07) is 9.99. The van der Waals surface area contributed by atoms with Crippen LogP contribution in [0.1, 0.15) is 16.0 Å². The quantitative estimate of drug-likeness (QED) is 0.912. The van der Waals surface area contributed by atoms with Crippen LogP contribution in [0.3, 0.4) is 0 Å². The van der Waals surface area contributed by atoms with Crippen molar-refractivity contribution in [2.24, 2.45) is 0 Å². The Morgan fingerprint density at radius 1 is 1.39 bits per heavy atom. The fraction of sp³-hybridized carbons (Fsp3) is 0.214. The molecule has 0 aliphatic rings. The zero-order chi connectivity index (χ0) is 13.0. The lowest BCUT2D eigenvalue weighted by Gasteiger charge is -2.09. The molecule has 0 radical (unpaired) electrons. The molecular weight excluding hydrogens is 244 g/mol. The lowest BCUT2D eigenvalue weighted by atomic mass is 10.2. The van der Waals surface area contributed by atoms with Crippen LogP contribution in [-0.4, -0.2) is 7.11 Å². The van der Waals surface area contributed by atoms with Crippen molar-refractivity contribution in [3.05, 3.63) is 45.6 Å². The minimum absolute atomic E-state index is 0.725. The molecule has 1 N–H and O–H groups in total. The number of nitrogens with zero attached hydrogens (tertiary/aromatic N) is 1. The zero-order valence-corrected chi connectivity index (χ0v) is 11.2. The van der Waals surface area contributed by atoms with E-state index in [9.17, 15) is 0 Å². The normalized spacial score (nSPS) is 9.83. The molecule has 0 aliphatic carbocycles. The Bertz CT molecular complexity index is 584. The molecule has 3 nitrogen and oxygen atoms in total. The fourth-order valence-electron chi connectivity index (χ4n) is 1.68. The van der Waals surface area contributed by atoms with Gasteiger partial charge in [0.1, 0.15) is 11.8 Å². The van der Waals surface area contributed by atoms with Crippen LogP contribution in [0.25, 0.3) is 0 Å². The van der Waals surface area contributed by atoms with E-state index >= 15 is 0 Å². The van der Waals surface area contributed by atoms with Crippen LogP contribution in [0.15, 0.2) is 29.6 Å². The molecule has 0 saturated heterocycles. The molecule has 0 bridgehead atoms. The molecule has 0 unspecified atom stereocenters. The van der Waals surface area contributed by atoms with Crippen molar-refractivity contribution in [3.63, 3.8) is 0 Å². The molecule has 1 aromatic carbocycles. The number of thiophene rings is 1. The van der Waals surface area contributed by atoms with Crippen molar-refractivity contribution in [1.29, 1.82) is 5.26 Å². The van der Waals surface area contributed by atoms with Crippen LogP contribution in [-0.2, 0) is 6.54 Å². The van der Waals surface area contributed by atoms with Gasteiger partial charge in [0.05, 0.1) is 12.7 Å². The number of ether oxygens (including phenoxy) is 1. The van der Waals surface area contributed by atoms with Crippen molar-refractivity contribution in [2.45, 2.75) is 13.5 Å². The smallest absolute Gasteiger partial charge is 0.119 e. The minimum Gasteiger partial charge on any atom is -0.497 e. The van der Waals surface area contributed by atoms with Crippen molar-refractivity contribution >= 4 is 17.0 Å². The highest BCUT2D eigenvalue weighted by Crippen LogP contribution is 2.22. The Labute approximate surface area is 111 Å². The van der Waals surface area contributed by atoms with E-state index in [0.29, 0.717) is 0 Å². The minimum atomic E-state index is 0.725. The maximum atomic E-state index is 8.76. The van der Waals surface area contributed by atoms with Crippen molar-refractivity contribution in [2.75, 3.05) is 12.4 Å². The van der Waals surface area contributed by atoms with Gasteiger partial charge in [-0.1, -0.05) is 0 Å². The second kappa shape index (κ2) is 5.56. The second-order valence-corrected chi connectivity index (χ2v) is 4.94. The van der Waals surface area contributed by atoms with Gasteiger partial charge in [0.15, 0.2) is 0 Å². The average molecular weight is 258 g/mol. The van der Waals surface area contributed by atoms with Gasteiger partial charge in [-0.3, -0.25) is 0 Å². The number of benzene rings is 1. The van der Waals surface area contributed by atoms with Crippen LogP contribution in [0, 0.1) is 18.3 Å². The van der Waals surface area contributed by atoms with Gasteiger partial charge in [-0.15, -0.1) is 11.3 Å². The Balaban J connectivity index is 2.04. The Morgan fingerprint density at radius 2 is 2.22 bits per heavy atom. The topological polar surface area (TPSA) is 45.0 Å². The highest BCUT2D eigenvalue weighted by molar-refractivity contribution is 7.10. The van der Waals surface area contributed by atoms with Crippen LogP contribution >= 0.6 is 11.3 Å². The summed E-state index contributed by atoms with van der Waals surface area (Å²) in [7, 11) is 1.66. The largest absolute Gasteiger partial charge is 0.497 e. The van der Waals surface area contributed by atoms with Crippen molar-refractivity contribution in [1.82, 2.24) is 0 Å². The van der Waals surface area contributed by atoms with Gasteiger partial charge in [-0.25, -0.2) is 0 Å². The summed E-state index contributed by atoms with van der Waals surface area (Å²) < 4.78 is 5.17. The first-order valence-electron chi connectivity index (χ1n) is 5.59. The monoisotopic (exact) mass is 258 g/mol. The van der Waals surface area contributed by atoms with Gasteiger partial charge in [-0.2, -0.15) is 5.26 Å². The first kappa shape index (κ1) is 12.5. The summed E-state index contributed by atoms with van der Waals surface area (Å²) in [5, 5.41) is 14.0. The first-order valence-corrected chi connectivity index (χ1v) is 6.47. The zero-order valence-electron chi connectivity index (χ0n) is 10.4. The van der Waals surface area contributed by atoms with E-state index in [1.807, 2.05) is 36.6 Å². The predicted molar refractivity (Wildman–Crippen MR) is 74.1 cm³/mol. The fourth-order valence-corrected chi connectivity index (χ4v) is 2.43. The number of methoxy groups -OCH3 is 1. The third kappa shape index (κ3) is 2.82. The van der Waals surface area contributed by atoms with E-state index in [1.54, 1.807) is 18.4 Å². The summed E-state index contributed by atoms with van der Waals surface area (Å²) in [4.78, 5) is 1.15. The summed E-state index contributed by atoms with van der Waals surface area (Å²) >= 11 is 1.60. The molecule has 18 heavy (non-hydrogen) atoms. The lowest BCUT2D eigenvalue weighted by molar-refractivity contribution is 0.414. The summed E-state index contributed by atoms with van der Waals surface area (Å²) in [6.07, 6.45) is 0. The number of hydrogen-bond donors (Lipinski definition) is 1. The van der Waals surface area contributed by atoms with Gasteiger partial charge in [0.25, 0.3) is 0 Å². The van der Waals surface area contributed by atoms with Crippen LogP contribution in [0.4, 0.5) is 5.69 Å². The third-order valence-electron chi connectivity index (χ3n) is 2.67. The van der Waals surface area contributed by atoms with Gasteiger partial charge in [-0.05, 0) is 36.8 Å². The van der Waals surface area contributed by atoms with E-state index in [4.69, 9.17) is 10.00 Å². The molecule has 0 saturated carbocycles. The van der Waals surface area contributed by atoms with Crippen molar-refractivity contribution in [3.8, 4) is 11.8 Å². The molecule has 0 fully saturated rings. The molecule has 2 aromatic rings. The molecule has 4 heteroatoms. The van der Waals surface area contributed by atoms with Crippen LogP contribution in [0.2, 0.25) is 0 Å². The molecular formula is C14H14N2OS. The Hall–Kier alpha value is -1.99. The summed E-state index contributed by atoms with van der Waals surface area (Å²) in [5.41, 5.74) is 2.96. The Morgan fingerprint density at radius 3 is 2.83 bits per heavy atom. The van der Waals surface area contributed by atoms with Gasteiger partial charge in [0.2, 0.25) is 0 Å². The SMILES string of the molecule is COc1ccc(NCc2cc(C#N)cs2)c(C)c1. The molecule has 0 aliphatic heterocycles. The van der Waals surface area contributed by atoms with E-state index in [0.717, 1.165) is 34.0 Å². The van der Waals surface area contributed by atoms with Crippen LogP contribution in [0.5, 0.6) is 5.75 Å². The predicted octanol–water partition coefficient (Wildman–Crippen LogP) is 3.55. The highest BCUT2D eigenvalue weighted by Gasteiger charge is 2.02. The molecule has 1 heterocycles. The number of rotatable bonds is 4. The summed E-state index contributed by atoms with van der Waals surface area (Å²) in [6.45, 7) is 2.78. The van der Waals surface area contributed by atoms with Gasteiger partial charge < -0.3 is 10.1 Å². The number of aryl methyl sites for hydroxylation is 1. The van der Waals surface area contributed by atoms with E-state index < -0.39 is 0 Å². The molecule has 0 spiro atoms. The molecule has 0 amide bonds. The van der Waals surface area contributed by atoms with Gasteiger partial charge in [0, 0.05) is 22.5 Å². The maximum Gasteiger partial charge on any atom is 0.119 e. The third-order valence-corrected chi connectivity index (χ3v) is 3.61. The highest BCUT2D eigenvalue weighted by atomic mass is 32.1. The lowest BCUT2D eigenvalue weighted by Crippen LogP contribution is -1.99. The number of nitrogens with one attached hydrogen (secondary N) is 1. The van der Waals surface area contributed by atoms with E-state index in [2.05, 4.69) is 11.4 Å². The van der Waals surface area contributed by atoms with Crippen molar-refractivity contribution < 1.29 is 4.74 Å². The van der Waals surface area contributed by atoms with Gasteiger partial charge >= 0.3 is 0 Å². The first-order chi connectivity index (χ1) is 8.72. The molecule has 2 rings (SSSR count). The average Bonchev–Trinajstić information content (AvgIpc) is 2.85. The number of hydrogen-bond acceptors (Lipinski definition) is 4. The number of anilines is 1. The molecule has 0 atom stereocenters. The standard InChI is InChI=1S/C14H14N2OS/c1-10-5-12(17-2)3-4-14(10)16-8-13-6-11(7-15)9-18-13/h3-6,9,16H,8H2,1-2H3. The molecule has 1 aromatic heterocycles. The number of nitriles is 1. The maximum absolute atomic E-state index is 8.76. The second-order valence-electron chi connectivity index (χ2n) is 3.95. The Kier molecular flexibility index (Phi) is 3.85.